The topological polar surface area (TPSA) is 46.2 Å². The number of phenols is 1. The van der Waals surface area contributed by atoms with Gasteiger partial charge in [0.05, 0.1) is 5.02 Å². The molecule has 0 bridgehead atoms. The average Bonchev–Trinajstić information content (AvgIpc) is 2.21. The molecule has 0 aliphatic rings. The van der Waals surface area contributed by atoms with Crippen LogP contribution in [0.2, 0.25) is 10.0 Å². The van der Waals surface area contributed by atoms with Crippen LogP contribution >= 0.6 is 35.6 Å². The van der Waals surface area contributed by atoms with Crippen LogP contribution in [0.25, 0.3) is 0 Å². The van der Waals surface area contributed by atoms with Crippen LogP contribution < -0.4 is 5.73 Å². The first-order valence-electron chi connectivity index (χ1n) is 4.90. The third-order valence-electron chi connectivity index (χ3n) is 2.67. The van der Waals surface area contributed by atoms with Crippen LogP contribution in [0.4, 0.5) is 0 Å². The largest absolute Gasteiger partial charge is 0.506 e. The molecule has 3 N–H and O–H groups in total. The summed E-state index contributed by atoms with van der Waals surface area (Å²) in [5.41, 5.74) is 6.62. The summed E-state index contributed by atoms with van der Waals surface area (Å²) in [5.74, 6) is 0.305. The summed E-state index contributed by atoms with van der Waals surface area (Å²) in [6.07, 6.45) is 0.935. The molecule has 1 unspecified atom stereocenters. The van der Waals surface area contributed by atoms with E-state index in [9.17, 15) is 5.11 Å². The molecular weight excluding hydrogens is 268 g/mol. The van der Waals surface area contributed by atoms with Crippen molar-refractivity contribution in [1.82, 2.24) is 0 Å². The second-order valence-electron chi connectivity index (χ2n) is 3.74. The molecule has 1 rings (SSSR count). The van der Waals surface area contributed by atoms with Gasteiger partial charge in [0.25, 0.3) is 0 Å². The van der Waals surface area contributed by atoms with Crippen LogP contribution in [-0.2, 0) is 0 Å². The van der Waals surface area contributed by atoms with Gasteiger partial charge < -0.3 is 10.8 Å². The van der Waals surface area contributed by atoms with Gasteiger partial charge in [0, 0.05) is 16.6 Å². The minimum absolute atomic E-state index is 0. The maximum Gasteiger partial charge on any atom is 0.139 e. The number of halogens is 3. The molecular formula is C11H16Cl3NO. The summed E-state index contributed by atoms with van der Waals surface area (Å²) in [6.45, 7) is 4.08. The van der Waals surface area contributed by atoms with E-state index < -0.39 is 0 Å². The van der Waals surface area contributed by atoms with E-state index in [1.54, 1.807) is 6.07 Å². The monoisotopic (exact) mass is 283 g/mol. The Kier molecular flexibility index (Phi) is 6.49. The first-order chi connectivity index (χ1) is 6.97. The molecule has 2 nitrogen and oxygen atoms in total. The van der Waals surface area contributed by atoms with Gasteiger partial charge in [0.15, 0.2) is 0 Å². The van der Waals surface area contributed by atoms with Crippen LogP contribution in [0.15, 0.2) is 12.1 Å². The summed E-state index contributed by atoms with van der Waals surface area (Å²) < 4.78 is 0. The van der Waals surface area contributed by atoms with Gasteiger partial charge in [0.1, 0.15) is 5.75 Å². The molecule has 0 aliphatic heterocycles. The number of phenolic OH excluding ortho intramolecular Hbond substituents is 1. The van der Waals surface area contributed by atoms with Gasteiger partial charge in [-0.15, -0.1) is 12.4 Å². The van der Waals surface area contributed by atoms with E-state index in [-0.39, 0.29) is 35.1 Å². The molecule has 0 saturated heterocycles. The molecule has 0 saturated carbocycles. The van der Waals surface area contributed by atoms with Crippen molar-refractivity contribution in [3.8, 4) is 5.75 Å². The molecule has 5 heteroatoms. The molecule has 0 radical (unpaired) electrons. The Bertz CT molecular complexity index is 357. The number of hydrogen-bond donors (Lipinski definition) is 2. The van der Waals surface area contributed by atoms with Gasteiger partial charge >= 0.3 is 0 Å². The van der Waals surface area contributed by atoms with Gasteiger partial charge in [-0.25, -0.2) is 0 Å². The lowest BCUT2D eigenvalue weighted by molar-refractivity contribution is 0.419. The number of hydrogen-bond acceptors (Lipinski definition) is 2. The minimum Gasteiger partial charge on any atom is -0.506 e. The second kappa shape index (κ2) is 6.55. The Balaban J connectivity index is 0.00000225. The summed E-state index contributed by atoms with van der Waals surface area (Å²) in [6, 6.07) is 2.93. The Labute approximate surface area is 112 Å². The summed E-state index contributed by atoms with van der Waals surface area (Å²) >= 11 is 11.7. The molecule has 1 aromatic rings. The number of nitrogens with two attached hydrogens (primary N) is 1. The third kappa shape index (κ3) is 3.42. The standard InChI is InChI=1S/C11H15Cl2NO.ClH/c1-3-6(2)10(14)8-4-7(12)5-9(13)11(8)15;/h4-6,10,15H,3,14H2,1-2H3;1H/t6?,10-;/m0./s1. The normalized spacial score (nSPS) is 14.1. The quantitative estimate of drug-likeness (QED) is 0.875. The minimum atomic E-state index is -0.244. The zero-order valence-corrected chi connectivity index (χ0v) is 11.5. The highest BCUT2D eigenvalue weighted by Gasteiger charge is 2.19. The van der Waals surface area contributed by atoms with Gasteiger partial charge in [-0.1, -0.05) is 43.5 Å². The third-order valence-corrected chi connectivity index (χ3v) is 3.18. The zero-order chi connectivity index (χ0) is 11.6. The van der Waals surface area contributed by atoms with E-state index >= 15 is 0 Å². The van der Waals surface area contributed by atoms with Crippen molar-refractivity contribution in [3.05, 3.63) is 27.7 Å². The van der Waals surface area contributed by atoms with Gasteiger partial charge in [0.2, 0.25) is 0 Å². The Morgan fingerprint density at radius 1 is 1.38 bits per heavy atom. The van der Waals surface area contributed by atoms with Crippen LogP contribution in [0.3, 0.4) is 0 Å². The zero-order valence-electron chi connectivity index (χ0n) is 9.21. The van der Waals surface area contributed by atoms with E-state index in [0.717, 1.165) is 6.42 Å². The number of benzene rings is 1. The molecule has 16 heavy (non-hydrogen) atoms. The van der Waals surface area contributed by atoms with Crippen LogP contribution in [-0.4, -0.2) is 5.11 Å². The van der Waals surface area contributed by atoms with Gasteiger partial charge in [-0.2, -0.15) is 0 Å². The van der Waals surface area contributed by atoms with Crippen molar-refractivity contribution < 1.29 is 5.11 Å². The van der Waals surface area contributed by atoms with Crippen LogP contribution in [0, 0.1) is 5.92 Å². The first-order valence-corrected chi connectivity index (χ1v) is 5.66. The Morgan fingerprint density at radius 3 is 2.44 bits per heavy atom. The first kappa shape index (κ1) is 15.9. The molecule has 92 valence electrons. The molecule has 0 spiro atoms. The smallest absolute Gasteiger partial charge is 0.139 e. The van der Waals surface area contributed by atoms with Crippen molar-refractivity contribution >= 4 is 35.6 Å². The van der Waals surface area contributed by atoms with Gasteiger partial charge in [-0.05, 0) is 18.1 Å². The van der Waals surface area contributed by atoms with Crippen molar-refractivity contribution in [2.24, 2.45) is 11.7 Å². The lowest BCUT2D eigenvalue weighted by atomic mass is 9.93. The fourth-order valence-corrected chi connectivity index (χ4v) is 1.91. The maximum atomic E-state index is 9.77. The number of rotatable bonds is 3. The van der Waals surface area contributed by atoms with Crippen LogP contribution in [0.5, 0.6) is 5.75 Å². The average molecular weight is 285 g/mol. The molecule has 0 fully saturated rings. The van der Waals surface area contributed by atoms with E-state index in [2.05, 4.69) is 0 Å². The second-order valence-corrected chi connectivity index (χ2v) is 4.58. The lowest BCUT2D eigenvalue weighted by Crippen LogP contribution is -2.18. The van der Waals surface area contributed by atoms with Crippen molar-refractivity contribution in [2.75, 3.05) is 0 Å². The van der Waals surface area contributed by atoms with Crippen LogP contribution in [0.1, 0.15) is 31.9 Å². The highest BCUT2D eigenvalue weighted by Crippen LogP contribution is 2.36. The van der Waals surface area contributed by atoms with Crippen molar-refractivity contribution in [1.29, 1.82) is 0 Å². The summed E-state index contributed by atoms with van der Waals surface area (Å²) in [4.78, 5) is 0. The lowest BCUT2D eigenvalue weighted by Gasteiger charge is -2.20. The predicted octanol–water partition coefficient (Wildman–Crippen LogP) is 4.17. The predicted molar refractivity (Wildman–Crippen MR) is 71.8 cm³/mol. The van der Waals surface area contributed by atoms with E-state index in [4.69, 9.17) is 28.9 Å². The van der Waals surface area contributed by atoms with Crippen molar-refractivity contribution in [3.63, 3.8) is 0 Å². The SMILES string of the molecule is CCC(C)[C@H](N)c1cc(Cl)cc(Cl)c1O.Cl. The molecule has 0 aliphatic carbocycles. The Hall–Kier alpha value is -0.150. The Morgan fingerprint density at radius 2 is 1.94 bits per heavy atom. The highest BCUT2D eigenvalue weighted by molar-refractivity contribution is 6.35. The number of aromatic hydroxyl groups is 1. The van der Waals surface area contributed by atoms with E-state index in [1.165, 1.54) is 6.07 Å². The van der Waals surface area contributed by atoms with Gasteiger partial charge in [-0.3, -0.25) is 0 Å². The van der Waals surface area contributed by atoms with E-state index in [0.29, 0.717) is 10.6 Å². The highest BCUT2D eigenvalue weighted by atomic mass is 35.5. The van der Waals surface area contributed by atoms with Crippen molar-refractivity contribution in [2.45, 2.75) is 26.3 Å². The van der Waals surface area contributed by atoms with E-state index in [1.807, 2.05) is 13.8 Å². The summed E-state index contributed by atoms with van der Waals surface area (Å²) in [5, 5.41) is 10.5. The molecule has 0 aromatic heterocycles. The molecule has 0 amide bonds. The fourth-order valence-electron chi connectivity index (χ4n) is 1.40. The maximum absolute atomic E-state index is 9.77. The molecule has 0 heterocycles. The molecule has 1 aromatic carbocycles. The molecule has 2 atom stereocenters. The fraction of sp³-hybridized carbons (Fsp3) is 0.455. The summed E-state index contributed by atoms with van der Waals surface area (Å²) in [7, 11) is 0.